The molecule has 0 heterocycles. The van der Waals surface area contributed by atoms with Gasteiger partial charge in [-0.3, -0.25) is 9.52 Å². The van der Waals surface area contributed by atoms with Gasteiger partial charge in [0.15, 0.2) is 0 Å². The van der Waals surface area contributed by atoms with E-state index in [1.54, 1.807) is 19.1 Å². The van der Waals surface area contributed by atoms with Gasteiger partial charge in [0.05, 0.1) is 4.90 Å². The van der Waals surface area contributed by atoms with Crippen LogP contribution in [0.1, 0.15) is 18.4 Å². The van der Waals surface area contributed by atoms with Crippen LogP contribution in [0.5, 0.6) is 0 Å². The number of allylic oxidation sites excluding steroid dienone is 2. The number of halogens is 1. The highest BCUT2D eigenvalue weighted by Gasteiger charge is 2.39. The van der Waals surface area contributed by atoms with Crippen molar-refractivity contribution in [1.29, 1.82) is 0 Å². The van der Waals surface area contributed by atoms with E-state index in [0.717, 1.165) is 12.8 Å². The van der Waals surface area contributed by atoms with Crippen molar-refractivity contribution in [3.63, 3.8) is 0 Å². The standard InChI is InChI=1S/C21H21FN2O3S/c1-13-2-7-18(23-21(25)19-11-14-3-4-15(19)10-14)12-20(13)28(26,27)24-17-8-5-16(22)6-9-17/h2-9,12,14-15,19,24H,10-11H2,1H3,(H,23,25)/t14-,15+,19+/m1/s1. The quantitative estimate of drug-likeness (QED) is 0.743. The number of anilines is 2. The predicted molar refractivity (Wildman–Crippen MR) is 106 cm³/mol. The van der Waals surface area contributed by atoms with E-state index in [4.69, 9.17) is 0 Å². The SMILES string of the molecule is Cc1ccc(NC(=O)[C@H]2C[C@@H]3C=C[C@H]2C3)cc1S(=O)(=O)Nc1ccc(F)cc1. The van der Waals surface area contributed by atoms with Gasteiger partial charge in [-0.2, -0.15) is 0 Å². The molecule has 2 N–H and O–H groups in total. The summed E-state index contributed by atoms with van der Waals surface area (Å²) >= 11 is 0. The first-order chi connectivity index (χ1) is 13.3. The number of fused-ring (bicyclic) bond motifs is 2. The highest BCUT2D eigenvalue weighted by Crippen LogP contribution is 2.43. The Morgan fingerprint density at radius 2 is 1.75 bits per heavy atom. The minimum atomic E-state index is -3.88. The Morgan fingerprint density at radius 1 is 1.04 bits per heavy atom. The van der Waals surface area contributed by atoms with Gasteiger partial charge in [-0.05, 0) is 73.6 Å². The number of hydrogen-bond acceptors (Lipinski definition) is 3. The largest absolute Gasteiger partial charge is 0.326 e. The second-order valence-electron chi connectivity index (χ2n) is 7.47. The summed E-state index contributed by atoms with van der Waals surface area (Å²) in [5.74, 6) is 0.178. The highest BCUT2D eigenvalue weighted by molar-refractivity contribution is 7.92. The normalized spacial score (nSPS) is 23.0. The molecule has 4 rings (SSSR count). The first-order valence-electron chi connectivity index (χ1n) is 9.20. The molecule has 0 radical (unpaired) electrons. The molecule has 0 unspecified atom stereocenters. The second kappa shape index (κ2) is 7.05. The summed E-state index contributed by atoms with van der Waals surface area (Å²) < 4.78 is 41.0. The van der Waals surface area contributed by atoms with E-state index in [1.165, 1.54) is 30.3 Å². The van der Waals surface area contributed by atoms with E-state index >= 15 is 0 Å². The smallest absolute Gasteiger partial charge is 0.262 e. The van der Waals surface area contributed by atoms with Gasteiger partial charge in [-0.25, -0.2) is 12.8 Å². The van der Waals surface area contributed by atoms with Gasteiger partial charge >= 0.3 is 0 Å². The number of amides is 1. The molecule has 3 atom stereocenters. The summed E-state index contributed by atoms with van der Waals surface area (Å²) in [4.78, 5) is 12.7. The number of sulfonamides is 1. The molecule has 2 aliphatic carbocycles. The Kier molecular flexibility index (Phi) is 4.71. The van der Waals surface area contributed by atoms with Gasteiger partial charge in [0.2, 0.25) is 5.91 Å². The lowest BCUT2D eigenvalue weighted by atomic mass is 9.93. The van der Waals surface area contributed by atoms with Crippen LogP contribution in [0.2, 0.25) is 0 Å². The molecule has 2 bridgehead atoms. The van der Waals surface area contributed by atoms with E-state index in [1.807, 2.05) is 0 Å². The molecule has 1 fully saturated rings. The van der Waals surface area contributed by atoms with Gasteiger partial charge in [0.1, 0.15) is 5.82 Å². The topological polar surface area (TPSA) is 75.3 Å². The number of nitrogens with one attached hydrogen (secondary N) is 2. The molecule has 0 spiro atoms. The summed E-state index contributed by atoms with van der Waals surface area (Å²) in [6.07, 6.45) is 6.14. The summed E-state index contributed by atoms with van der Waals surface area (Å²) in [6, 6.07) is 9.91. The van der Waals surface area contributed by atoms with Crippen molar-refractivity contribution in [3.8, 4) is 0 Å². The third-order valence-corrected chi connectivity index (χ3v) is 6.98. The zero-order chi connectivity index (χ0) is 19.9. The van der Waals surface area contributed by atoms with E-state index in [9.17, 15) is 17.6 Å². The molecule has 7 heteroatoms. The number of aryl methyl sites for hydroxylation is 1. The lowest BCUT2D eigenvalue weighted by Crippen LogP contribution is -2.26. The lowest BCUT2D eigenvalue weighted by Gasteiger charge is -2.18. The first kappa shape index (κ1) is 18.7. The Hall–Kier alpha value is -2.67. The fraction of sp³-hybridized carbons (Fsp3) is 0.286. The molecular formula is C21H21FN2O3S. The molecule has 0 aromatic heterocycles. The van der Waals surface area contributed by atoms with E-state index in [0.29, 0.717) is 17.2 Å². The van der Waals surface area contributed by atoms with Crippen molar-refractivity contribution < 1.29 is 17.6 Å². The maximum absolute atomic E-state index is 13.0. The van der Waals surface area contributed by atoms with Crippen LogP contribution in [-0.4, -0.2) is 14.3 Å². The molecule has 1 amide bonds. The summed E-state index contributed by atoms with van der Waals surface area (Å²) in [7, 11) is -3.88. The first-order valence-corrected chi connectivity index (χ1v) is 10.7. The zero-order valence-corrected chi connectivity index (χ0v) is 16.2. The van der Waals surface area contributed by atoms with E-state index in [-0.39, 0.29) is 28.3 Å². The maximum Gasteiger partial charge on any atom is 0.262 e. The fourth-order valence-electron chi connectivity index (χ4n) is 4.01. The Bertz CT molecular complexity index is 1050. The van der Waals surface area contributed by atoms with Crippen LogP contribution >= 0.6 is 0 Å². The van der Waals surface area contributed by atoms with Crippen molar-refractivity contribution in [2.45, 2.75) is 24.7 Å². The lowest BCUT2D eigenvalue weighted by molar-refractivity contribution is -0.120. The maximum atomic E-state index is 13.0. The summed E-state index contributed by atoms with van der Waals surface area (Å²) in [5.41, 5.74) is 1.27. The Labute approximate surface area is 163 Å². The van der Waals surface area contributed by atoms with Crippen molar-refractivity contribution in [3.05, 3.63) is 66.0 Å². The number of carbonyl (C=O) groups is 1. The molecule has 2 aromatic rings. The second-order valence-corrected chi connectivity index (χ2v) is 9.12. The fourth-order valence-corrected chi connectivity index (χ4v) is 5.34. The molecule has 0 saturated heterocycles. The number of benzene rings is 2. The average molecular weight is 400 g/mol. The number of hydrogen-bond donors (Lipinski definition) is 2. The minimum Gasteiger partial charge on any atom is -0.326 e. The predicted octanol–water partition coefficient (Wildman–Crippen LogP) is 4.09. The molecule has 146 valence electrons. The van der Waals surface area contributed by atoms with Crippen LogP contribution in [-0.2, 0) is 14.8 Å². The van der Waals surface area contributed by atoms with E-state index < -0.39 is 15.8 Å². The highest BCUT2D eigenvalue weighted by atomic mass is 32.2. The molecule has 0 aliphatic heterocycles. The molecule has 5 nitrogen and oxygen atoms in total. The van der Waals surface area contributed by atoms with Crippen LogP contribution in [0.15, 0.2) is 59.5 Å². The van der Waals surface area contributed by atoms with Crippen molar-refractivity contribution >= 4 is 27.3 Å². The van der Waals surface area contributed by atoms with Crippen LogP contribution in [0.3, 0.4) is 0 Å². The van der Waals surface area contributed by atoms with Crippen LogP contribution in [0, 0.1) is 30.5 Å². The third kappa shape index (κ3) is 3.67. The number of rotatable bonds is 5. The Balaban J connectivity index is 1.54. The van der Waals surface area contributed by atoms with Crippen LogP contribution in [0.25, 0.3) is 0 Å². The van der Waals surface area contributed by atoms with E-state index in [2.05, 4.69) is 22.2 Å². The molecular weight excluding hydrogens is 379 g/mol. The number of carbonyl (C=O) groups excluding carboxylic acids is 1. The monoisotopic (exact) mass is 400 g/mol. The third-order valence-electron chi connectivity index (χ3n) is 5.46. The summed E-state index contributed by atoms with van der Waals surface area (Å²) in [6.45, 7) is 1.69. The van der Waals surface area contributed by atoms with Crippen molar-refractivity contribution in [2.24, 2.45) is 17.8 Å². The van der Waals surface area contributed by atoms with Crippen molar-refractivity contribution in [1.82, 2.24) is 0 Å². The van der Waals surface area contributed by atoms with Crippen molar-refractivity contribution in [2.75, 3.05) is 10.0 Å². The van der Waals surface area contributed by atoms with Gasteiger partial charge in [0, 0.05) is 17.3 Å². The van der Waals surface area contributed by atoms with Gasteiger partial charge in [0.25, 0.3) is 10.0 Å². The Morgan fingerprint density at radius 3 is 2.39 bits per heavy atom. The zero-order valence-electron chi connectivity index (χ0n) is 15.4. The van der Waals surface area contributed by atoms with Gasteiger partial charge in [-0.15, -0.1) is 0 Å². The average Bonchev–Trinajstić information content (AvgIpc) is 3.28. The van der Waals surface area contributed by atoms with Crippen LogP contribution in [0.4, 0.5) is 15.8 Å². The molecule has 2 aromatic carbocycles. The molecule has 1 saturated carbocycles. The summed E-state index contributed by atoms with van der Waals surface area (Å²) in [5, 5.41) is 2.87. The van der Waals surface area contributed by atoms with Gasteiger partial charge < -0.3 is 5.32 Å². The molecule has 28 heavy (non-hydrogen) atoms. The molecule has 2 aliphatic rings. The van der Waals surface area contributed by atoms with Gasteiger partial charge in [-0.1, -0.05) is 18.2 Å². The minimum absolute atomic E-state index is 0.0614. The van der Waals surface area contributed by atoms with Crippen LogP contribution < -0.4 is 10.0 Å².